The van der Waals surface area contributed by atoms with Crippen LogP contribution in [0.3, 0.4) is 0 Å². The molecule has 0 saturated carbocycles. The van der Waals surface area contributed by atoms with Crippen molar-refractivity contribution < 1.29 is 24.5 Å². The lowest BCUT2D eigenvalue weighted by atomic mass is 10.0. The largest absolute Gasteiger partial charge is 0.466 e. The van der Waals surface area contributed by atoms with E-state index in [1.54, 1.807) is 0 Å². The summed E-state index contributed by atoms with van der Waals surface area (Å²) in [4.78, 5) is 24.6. The molecule has 0 rings (SSSR count). The molecule has 0 aliphatic rings. The topological polar surface area (TPSA) is 95.9 Å². The predicted molar refractivity (Wildman–Crippen MR) is 379 cm³/mol. The molecule has 86 heavy (non-hydrogen) atoms. The van der Waals surface area contributed by atoms with E-state index in [1.807, 2.05) is 0 Å². The minimum Gasteiger partial charge on any atom is -0.466 e. The van der Waals surface area contributed by atoms with Crippen LogP contribution in [0.15, 0.2) is 36.5 Å². The maximum absolute atomic E-state index is 12.6. The highest BCUT2D eigenvalue weighted by molar-refractivity contribution is 5.76. The van der Waals surface area contributed by atoms with Gasteiger partial charge in [-0.2, -0.15) is 0 Å². The van der Waals surface area contributed by atoms with Gasteiger partial charge >= 0.3 is 5.97 Å². The van der Waals surface area contributed by atoms with Crippen LogP contribution in [0.4, 0.5) is 0 Å². The van der Waals surface area contributed by atoms with Crippen LogP contribution in [0.5, 0.6) is 0 Å². The van der Waals surface area contributed by atoms with E-state index in [-0.39, 0.29) is 18.5 Å². The minimum absolute atomic E-state index is 0.00752. The molecule has 0 aromatic rings. The number of aliphatic hydroxyl groups excluding tert-OH is 2. The molecule has 0 aromatic carbocycles. The lowest BCUT2D eigenvalue weighted by Gasteiger charge is -2.22. The number of nitrogens with one attached hydrogen (secondary N) is 1. The highest BCUT2D eigenvalue weighted by Gasteiger charge is 2.20. The standard InChI is InChI=1S/C80H153NO5/c1-3-5-7-9-11-13-15-17-19-21-22-38-41-44-48-52-56-60-64-68-72-78(83)77(76-82)81-79(84)73-69-65-61-57-53-49-45-42-39-36-34-32-30-28-26-24-23-25-27-29-31-33-35-37-40-43-47-51-55-59-63-67-71-75-86-80(85)74-70-66-62-58-54-50-46-20-18-16-14-12-10-8-6-4-2/h20,27,29,33,35,46,77-78,82-83H,3-19,21-26,28,30-32,34,36-45,47-76H2,1-2H3,(H,81,84)/b29-27-,35-33-,46-20-. The zero-order chi connectivity index (χ0) is 62.0. The predicted octanol–water partition coefficient (Wildman–Crippen LogP) is 25.8. The van der Waals surface area contributed by atoms with E-state index in [0.717, 1.165) is 51.4 Å². The number of allylic oxidation sites excluding steroid dienone is 6. The maximum Gasteiger partial charge on any atom is 0.305 e. The molecule has 0 fully saturated rings. The van der Waals surface area contributed by atoms with Crippen molar-refractivity contribution in [2.24, 2.45) is 0 Å². The van der Waals surface area contributed by atoms with Crippen molar-refractivity contribution >= 4 is 11.9 Å². The molecule has 3 N–H and O–H groups in total. The number of ether oxygens (including phenoxy) is 1. The third kappa shape index (κ3) is 71.2. The summed E-state index contributed by atoms with van der Waals surface area (Å²) >= 11 is 0. The molecular weight excluding hydrogens is 1050 g/mol. The van der Waals surface area contributed by atoms with Crippen molar-refractivity contribution in [3.8, 4) is 0 Å². The molecule has 0 heterocycles. The zero-order valence-electron chi connectivity index (χ0n) is 58.3. The van der Waals surface area contributed by atoms with E-state index in [1.165, 1.54) is 353 Å². The van der Waals surface area contributed by atoms with E-state index in [0.29, 0.717) is 25.9 Å². The van der Waals surface area contributed by atoms with Crippen LogP contribution in [0.2, 0.25) is 0 Å². The van der Waals surface area contributed by atoms with Crippen molar-refractivity contribution in [1.82, 2.24) is 5.32 Å². The number of esters is 1. The second kappa shape index (κ2) is 75.5. The molecule has 0 spiro atoms. The fraction of sp³-hybridized carbons (Fsp3) is 0.900. The maximum atomic E-state index is 12.6. The van der Waals surface area contributed by atoms with Crippen LogP contribution in [-0.4, -0.2) is 47.4 Å². The van der Waals surface area contributed by atoms with Crippen LogP contribution in [0, 0.1) is 0 Å². The Morgan fingerprint density at radius 3 is 0.895 bits per heavy atom. The quantitative estimate of drug-likeness (QED) is 0.0320. The van der Waals surface area contributed by atoms with Crippen LogP contribution in [0.1, 0.15) is 438 Å². The van der Waals surface area contributed by atoms with E-state index in [9.17, 15) is 19.8 Å². The van der Waals surface area contributed by atoms with Gasteiger partial charge in [-0.3, -0.25) is 9.59 Å². The van der Waals surface area contributed by atoms with Gasteiger partial charge in [0.15, 0.2) is 0 Å². The molecule has 0 aliphatic carbocycles. The molecule has 0 bridgehead atoms. The lowest BCUT2D eigenvalue weighted by Crippen LogP contribution is -2.45. The van der Waals surface area contributed by atoms with Crippen LogP contribution in [0.25, 0.3) is 0 Å². The second-order valence-electron chi connectivity index (χ2n) is 27.0. The van der Waals surface area contributed by atoms with Crippen molar-refractivity contribution in [3.05, 3.63) is 36.5 Å². The first-order valence-corrected chi connectivity index (χ1v) is 39.2. The second-order valence-corrected chi connectivity index (χ2v) is 27.0. The van der Waals surface area contributed by atoms with Crippen molar-refractivity contribution in [2.45, 2.75) is 450 Å². The average Bonchev–Trinajstić information content (AvgIpc) is 3.54. The Morgan fingerprint density at radius 2 is 0.581 bits per heavy atom. The third-order valence-electron chi connectivity index (χ3n) is 18.4. The lowest BCUT2D eigenvalue weighted by molar-refractivity contribution is -0.143. The van der Waals surface area contributed by atoms with E-state index >= 15 is 0 Å². The number of carbonyl (C=O) groups is 2. The van der Waals surface area contributed by atoms with Gasteiger partial charge in [-0.25, -0.2) is 0 Å². The van der Waals surface area contributed by atoms with E-state index in [4.69, 9.17) is 4.74 Å². The summed E-state index contributed by atoms with van der Waals surface area (Å²) in [6, 6.07) is -0.541. The molecule has 2 unspecified atom stereocenters. The normalized spacial score (nSPS) is 12.7. The van der Waals surface area contributed by atoms with Gasteiger partial charge < -0.3 is 20.3 Å². The monoisotopic (exact) mass is 1210 g/mol. The van der Waals surface area contributed by atoms with Crippen molar-refractivity contribution in [2.75, 3.05) is 13.2 Å². The SMILES string of the molecule is CCCCCCCCC/C=C\CCCCCCCC(=O)OCCCCCCCCCCC/C=C\C/C=C\CCCCCCCCCCCCCCCCCCCC(=O)NC(CO)C(O)CCCCCCCCCCCCCCCCCCCCCC. The fourth-order valence-electron chi connectivity index (χ4n) is 12.4. The molecule has 0 radical (unpaired) electrons. The van der Waals surface area contributed by atoms with Crippen molar-refractivity contribution in [1.29, 1.82) is 0 Å². The van der Waals surface area contributed by atoms with Crippen molar-refractivity contribution in [3.63, 3.8) is 0 Å². The molecule has 0 saturated heterocycles. The molecule has 6 nitrogen and oxygen atoms in total. The smallest absolute Gasteiger partial charge is 0.305 e. The highest BCUT2D eigenvalue weighted by Crippen LogP contribution is 2.19. The number of amides is 1. The van der Waals surface area contributed by atoms with Gasteiger partial charge in [0.05, 0.1) is 25.4 Å². The summed E-state index contributed by atoms with van der Waals surface area (Å²) in [7, 11) is 0. The Morgan fingerprint density at radius 1 is 0.326 bits per heavy atom. The third-order valence-corrected chi connectivity index (χ3v) is 18.4. The molecule has 1 amide bonds. The average molecular weight is 1210 g/mol. The summed E-state index contributed by atoms with van der Waals surface area (Å²) in [5.41, 5.74) is 0. The Bertz CT molecular complexity index is 1390. The number of hydrogen-bond donors (Lipinski definition) is 3. The number of carbonyl (C=O) groups excluding carboxylic acids is 2. The van der Waals surface area contributed by atoms with Crippen LogP contribution in [-0.2, 0) is 14.3 Å². The van der Waals surface area contributed by atoms with Gasteiger partial charge in [-0.05, 0) is 83.5 Å². The summed E-state index contributed by atoms with van der Waals surface area (Å²) in [6.07, 6.45) is 98.0. The first kappa shape index (κ1) is 84.1. The summed E-state index contributed by atoms with van der Waals surface area (Å²) < 4.78 is 5.50. The van der Waals surface area contributed by atoms with Gasteiger partial charge in [-0.1, -0.05) is 378 Å². The van der Waals surface area contributed by atoms with Gasteiger partial charge in [0.25, 0.3) is 0 Å². The molecule has 0 aliphatic heterocycles. The van der Waals surface area contributed by atoms with Gasteiger partial charge in [0, 0.05) is 12.8 Å². The van der Waals surface area contributed by atoms with E-state index < -0.39 is 12.1 Å². The first-order chi connectivity index (χ1) is 42.5. The van der Waals surface area contributed by atoms with Gasteiger partial charge in [0.1, 0.15) is 0 Å². The first-order valence-electron chi connectivity index (χ1n) is 39.2. The number of rotatable bonds is 74. The molecule has 6 heteroatoms. The molecular formula is C80H153NO5. The number of hydrogen-bond acceptors (Lipinski definition) is 5. The summed E-state index contributed by atoms with van der Waals surface area (Å²) in [5, 5.41) is 23.4. The van der Waals surface area contributed by atoms with E-state index in [2.05, 4.69) is 55.6 Å². The fourth-order valence-corrected chi connectivity index (χ4v) is 12.4. The van der Waals surface area contributed by atoms with Crippen LogP contribution < -0.4 is 5.32 Å². The Hall–Kier alpha value is -1.92. The number of unbranched alkanes of at least 4 members (excludes halogenated alkanes) is 57. The Kier molecular flexibility index (Phi) is 73.9. The summed E-state index contributed by atoms with van der Waals surface area (Å²) in [6.45, 7) is 4.99. The molecule has 508 valence electrons. The minimum atomic E-state index is -0.664. The molecule has 0 aromatic heterocycles. The summed E-state index contributed by atoms with van der Waals surface area (Å²) in [5.74, 6) is -0.0210. The highest BCUT2D eigenvalue weighted by atomic mass is 16.5. The Labute approximate surface area is 538 Å². The van der Waals surface area contributed by atoms with Gasteiger partial charge in [-0.15, -0.1) is 0 Å². The van der Waals surface area contributed by atoms with Crippen LogP contribution >= 0.6 is 0 Å². The Balaban J connectivity index is 3.38. The van der Waals surface area contributed by atoms with Gasteiger partial charge in [0.2, 0.25) is 5.91 Å². The molecule has 2 atom stereocenters. The number of aliphatic hydroxyl groups is 2. The zero-order valence-corrected chi connectivity index (χ0v) is 58.3.